The summed E-state index contributed by atoms with van der Waals surface area (Å²) in [5.74, 6) is 0.635. The van der Waals surface area contributed by atoms with E-state index < -0.39 is 12.1 Å². The SMILES string of the molecule is CCCCCCCCCC[NH3+].C[C@H](CCC(=O)[O-])[C@H]1CC[C@H]2[C@@H]3[C@H](O)C[C@@H]4C[C@H](O)CC[C@]4(C)[C@H]3C[C@H](O)[C@]12C.O. The predicted molar refractivity (Wildman–Crippen MR) is 161 cm³/mol. The molecule has 41 heavy (non-hydrogen) atoms. The first kappa shape index (κ1) is 36.5. The Morgan fingerprint density at radius 1 is 0.927 bits per heavy atom. The second-order valence-electron chi connectivity index (χ2n) is 14.7. The van der Waals surface area contributed by atoms with Crippen molar-refractivity contribution in [2.75, 3.05) is 6.54 Å². The lowest BCUT2D eigenvalue weighted by atomic mass is 9.43. The van der Waals surface area contributed by atoms with Crippen molar-refractivity contribution in [3.05, 3.63) is 0 Å². The third-order valence-corrected chi connectivity index (χ3v) is 12.4. The molecule has 0 saturated heterocycles. The molecule has 0 radical (unpaired) electrons. The first-order chi connectivity index (χ1) is 19.0. The normalized spacial score (nSPS) is 40.2. The summed E-state index contributed by atoms with van der Waals surface area (Å²) in [5.41, 5.74) is 3.66. The van der Waals surface area contributed by atoms with Crippen LogP contribution in [0.4, 0.5) is 0 Å². The summed E-state index contributed by atoms with van der Waals surface area (Å²) in [6, 6.07) is 0. The summed E-state index contributed by atoms with van der Waals surface area (Å²) in [5, 5.41) is 43.9. The van der Waals surface area contributed by atoms with Crippen LogP contribution in [0.5, 0.6) is 0 Å². The molecule has 242 valence electrons. The smallest absolute Gasteiger partial charge is 0.0739 e. The fourth-order valence-electron chi connectivity index (χ4n) is 9.99. The Kier molecular flexibility index (Phi) is 14.6. The van der Waals surface area contributed by atoms with Gasteiger partial charge in [0.1, 0.15) is 0 Å². The van der Waals surface area contributed by atoms with E-state index in [4.69, 9.17) is 0 Å². The number of quaternary nitrogens is 1. The van der Waals surface area contributed by atoms with Crippen molar-refractivity contribution in [2.24, 2.45) is 46.3 Å². The Morgan fingerprint density at radius 2 is 1.56 bits per heavy atom. The zero-order valence-electron chi connectivity index (χ0n) is 26.8. The van der Waals surface area contributed by atoms with Crippen LogP contribution in [-0.4, -0.2) is 51.6 Å². The standard InChI is InChI=1S/C24H40O5.C10H23N.H2O/c1-13(4-7-21(28)29)16-5-6-17-22-18(12-20(27)24(16,17)3)23(2)9-8-15(25)10-14(23)11-19(22)26;1-2-3-4-5-6-7-8-9-10-11;/h13-20,22,25-27H,4-12H2,1-3H3,(H,28,29);2-11H2,1H3;1H2/t13-,14+,15-,16-,17+,18+,19-,20+,22+,23+,24-;;/m1../s1. The van der Waals surface area contributed by atoms with Gasteiger partial charge in [-0.15, -0.1) is 0 Å². The molecule has 7 nitrogen and oxygen atoms in total. The molecule has 7 heteroatoms. The average molecular weight is 584 g/mol. The van der Waals surface area contributed by atoms with E-state index in [-0.39, 0.29) is 58.6 Å². The van der Waals surface area contributed by atoms with Crippen molar-refractivity contribution >= 4 is 5.97 Å². The van der Waals surface area contributed by atoms with E-state index in [9.17, 15) is 25.2 Å². The molecule has 8 N–H and O–H groups in total. The summed E-state index contributed by atoms with van der Waals surface area (Å²) in [6.07, 6.45) is 17.0. The Bertz CT molecular complexity index is 772. The van der Waals surface area contributed by atoms with Crippen molar-refractivity contribution in [1.82, 2.24) is 0 Å². The van der Waals surface area contributed by atoms with Crippen LogP contribution in [0.2, 0.25) is 0 Å². The topological polar surface area (TPSA) is 160 Å². The Morgan fingerprint density at radius 3 is 2.17 bits per heavy atom. The molecule has 4 rings (SSSR count). The maximum atomic E-state index is 11.5. The van der Waals surface area contributed by atoms with Crippen LogP contribution >= 0.6 is 0 Å². The third-order valence-electron chi connectivity index (χ3n) is 12.4. The number of carboxylic acid groups (broad SMARTS) is 1. The Hall–Kier alpha value is -0.730. The van der Waals surface area contributed by atoms with Gasteiger partial charge in [-0.25, -0.2) is 0 Å². The van der Waals surface area contributed by atoms with Crippen LogP contribution in [0.15, 0.2) is 0 Å². The molecule has 0 aromatic carbocycles. The summed E-state index contributed by atoms with van der Waals surface area (Å²) in [6.45, 7) is 10.1. The lowest BCUT2D eigenvalue weighted by Gasteiger charge is -2.63. The molecule has 0 aliphatic heterocycles. The number of fused-ring (bicyclic) bond motifs is 5. The second kappa shape index (κ2) is 16.4. The van der Waals surface area contributed by atoms with E-state index in [0.717, 1.165) is 51.5 Å². The van der Waals surface area contributed by atoms with Gasteiger partial charge in [0.05, 0.1) is 24.9 Å². The molecule has 0 unspecified atom stereocenters. The van der Waals surface area contributed by atoms with Crippen LogP contribution in [-0.2, 0) is 4.79 Å². The van der Waals surface area contributed by atoms with Crippen LogP contribution in [0.25, 0.3) is 0 Å². The molecular weight excluding hydrogens is 518 g/mol. The molecule has 0 amide bonds. The predicted octanol–water partition coefficient (Wildman–Crippen LogP) is 3.66. The van der Waals surface area contributed by atoms with Gasteiger partial charge in [0.2, 0.25) is 0 Å². The summed E-state index contributed by atoms with van der Waals surface area (Å²) >= 11 is 0. The van der Waals surface area contributed by atoms with Gasteiger partial charge in [-0.3, -0.25) is 0 Å². The second-order valence-corrected chi connectivity index (χ2v) is 14.7. The highest BCUT2D eigenvalue weighted by Gasteiger charge is 2.65. The number of aliphatic hydroxyl groups excluding tert-OH is 3. The summed E-state index contributed by atoms with van der Waals surface area (Å²) in [4.78, 5) is 11.0. The highest BCUT2D eigenvalue weighted by Crippen LogP contribution is 2.68. The van der Waals surface area contributed by atoms with Crippen LogP contribution in [0.3, 0.4) is 0 Å². The van der Waals surface area contributed by atoms with E-state index in [2.05, 4.69) is 33.4 Å². The van der Waals surface area contributed by atoms with Crippen LogP contribution < -0.4 is 10.8 Å². The molecule has 0 heterocycles. The third kappa shape index (κ3) is 8.26. The first-order valence-electron chi connectivity index (χ1n) is 17.0. The molecular formula is C34H65NO6. The number of carbonyl (C=O) groups excluding carboxylic acids is 1. The fraction of sp³-hybridized carbons (Fsp3) is 0.971. The van der Waals surface area contributed by atoms with E-state index in [1.165, 1.54) is 51.4 Å². The number of unbranched alkanes of at least 4 members (excludes halogenated alkanes) is 7. The minimum atomic E-state index is -0.998. The molecule has 0 aromatic rings. The molecule has 0 spiro atoms. The molecule has 0 bridgehead atoms. The number of aliphatic hydroxyl groups is 3. The summed E-state index contributed by atoms with van der Waals surface area (Å²) in [7, 11) is 0. The van der Waals surface area contributed by atoms with E-state index in [1.807, 2.05) is 0 Å². The van der Waals surface area contributed by atoms with Gasteiger partial charge in [0, 0.05) is 5.97 Å². The number of aliphatic carboxylic acids is 1. The zero-order chi connectivity index (χ0) is 29.5. The molecule has 4 aliphatic carbocycles. The fourth-order valence-corrected chi connectivity index (χ4v) is 9.99. The number of rotatable bonds is 12. The monoisotopic (exact) mass is 583 g/mol. The average Bonchev–Trinajstić information content (AvgIpc) is 3.27. The van der Waals surface area contributed by atoms with E-state index in [0.29, 0.717) is 18.3 Å². The Labute approximate surface area is 250 Å². The van der Waals surface area contributed by atoms with Crippen molar-refractivity contribution < 1.29 is 36.4 Å². The molecule has 4 fully saturated rings. The van der Waals surface area contributed by atoms with Crippen molar-refractivity contribution in [2.45, 2.75) is 155 Å². The highest BCUT2D eigenvalue weighted by molar-refractivity contribution is 5.64. The Balaban J connectivity index is 0.000000420. The van der Waals surface area contributed by atoms with Crippen molar-refractivity contribution in [3.63, 3.8) is 0 Å². The van der Waals surface area contributed by atoms with Gasteiger partial charge in [-0.2, -0.15) is 0 Å². The zero-order valence-corrected chi connectivity index (χ0v) is 26.8. The molecule has 0 aromatic heterocycles. The molecule has 4 saturated carbocycles. The maximum absolute atomic E-state index is 11.5. The van der Waals surface area contributed by atoms with Gasteiger partial charge in [0.25, 0.3) is 0 Å². The van der Waals surface area contributed by atoms with Gasteiger partial charge >= 0.3 is 0 Å². The quantitative estimate of drug-likeness (QED) is 0.258. The lowest BCUT2D eigenvalue weighted by molar-refractivity contribution is -0.368. The van der Waals surface area contributed by atoms with E-state index >= 15 is 0 Å². The van der Waals surface area contributed by atoms with Gasteiger partial charge in [0.15, 0.2) is 0 Å². The number of carbonyl (C=O) groups is 1. The van der Waals surface area contributed by atoms with Crippen molar-refractivity contribution in [1.29, 1.82) is 0 Å². The lowest BCUT2D eigenvalue weighted by Crippen LogP contribution is -2.62. The maximum Gasteiger partial charge on any atom is 0.0739 e. The number of carboxylic acids is 1. The van der Waals surface area contributed by atoms with Crippen LogP contribution in [0, 0.1) is 46.3 Å². The molecule has 11 atom stereocenters. The van der Waals surface area contributed by atoms with Crippen LogP contribution in [0.1, 0.15) is 137 Å². The van der Waals surface area contributed by atoms with Gasteiger partial charge in [-0.1, -0.05) is 66.2 Å². The van der Waals surface area contributed by atoms with E-state index in [1.54, 1.807) is 0 Å². The number of hydrogen-bond acceptors (Lipinski definition) is 5. The molecule has 4 aliphatic rings. The van der Waals surface area contributed by atoms with Gasteiger partial charge < -0.3 is 36.4 Å². The summed E-state index contributed by atoms with van der Waals surface area (Å²) < 4.78 is 0. The first-order valence-corrected chi connectivity index (χ1v) is 17.0. The minimum Gasteiger partial charge on any atom is -0.550 e. The van der Waals surface area contributed by atoms with Crippen molar-refractivity contribution in [3.8, 4) is 0 Å². The minimum absolute atomic E-state index is 0. The largest absolute Gasteiger partial charge is 0.550 e. The van der Waals surface area contributed by atoms with Gasteiger partial charge in [-0.05, 0) is 117 Å². The number of hydrogen-bond donors (Lipinski definition) is 4. The highest BCUT2D eigenvalue weighted by atomic mass is 16.4.